The molecule has 1 aliphatic rings. The van der Waals surface area contributed by atoms with E-state index < -0.39 is 15.9 Å². The lowest BCUT2D eigenvalue weighted by molar-refractivity contribution is 0.0938. The van der Waals surface area contributed by atoms with E-state index in [2.05, 4.69) is 5.32 Å². The summed E-state index contributed by atoms with van der Waals surface area (Å²) in [4.78, 5) is 23.8. The Bertz CT molecular complexity index is 989. The minimum absolute atomic E-state index is 0.0479. The van der Waals surface area contributed by atoms with Crippen LogP contribution in [-0.4, -0.2) is 50.8 Å². The lowest BCUT2D eigenvalue weighted by Gasteiger charge is -2.18. The van der Waals surface area contributed by atoms with Gasteiger partial charge in [-0.3, -0.25) is 9.59 Å². The number of nitrogens with two attached hydrogens (primary N) is 1. The van der Waals surface area contributed by atoms with E-state index in [4.69, 9.17) is 10.5 Å². The van der Waals surface area contributed by atoms with Gasteiger partial charge >= 0.3 is 0 Å². The van der Waals surface area contributed by atoms with Crippen molar-refractivity contribution in [3.8, 4) is 5.75 Å². The Morgan fingerprint density at radius 3 is 2.46 bits per heavy atom. The van der Waals surface area contributed by atoms with E-state index in [1.807, 2.05) is 0 Å². The van der Waals surface area contributed by atoms with Crippen molar-refractivity contribution in [3.63, 3.8) is 0 Å². The van der Waals surface area contributed by atoms with Crippen molar-refractivity contribution >= 4 is 21.8 Å². The van der Waals surface area contributed by atoms with Crippen LogP contribution in [0.1, 0.15) is 27.1 Å². The number of ether oxygens (including phenoxy) is 1. The van der Waals surface area contributed by atoms with Gasteiger partial charge in [0, 0.05) is 24.7 Å². The average molecular weight is 403 g/mol. The molecule has 2 amide bonds. The fourth-order valence-corrected chi connectivity index (χ4v) is 4.81. The van der Waals surface area contributed by atoms with E-state index in [1.165, 1.54) is 16.4 Å². The number of hydrogen-bond donors (Lipinski definition) is 2. The van der Waals surface area contributed by atoms with Gasteiger partial charge in [-0.2, -0.15) is 4.31 Å². The minimum Gasteiger partial charge on any atom is -0.497 e. The standard InChI is InChI=1S/C19H21N3O5S/c1-27-15-8-6-13(7-9-15)19(24)21-14-10-11-22(12-14)28(25,26)17-5-3-2-4-16(17)18(20)23/h2-9,14H,10-12H2,1H3,(H2,20,23)(H,21,24). The molecule has 2 aromatic rings. The molecule has 1 atom stereocenters. The summed E-state index contributed by atoms with van der Waals surface area (Å²) >= 11 is 0. The number of nitrogens with one attached hydrogen (secondary N) is 1. The number of benzene rings is 2. The van der Waals surface area contributed by atoms with Crippen molar-refractivity contribution in [3.05, 3.63) is 59.7 Å². The third kappa shape index (κ3) is 4.00. The van der Waals surface area contributed by atoms with Crippen molar-refractivity contribution in [1.29, 1.82) is 0 Å². The highest BCUT2D eigenvalue weighted by Gasteiger charge is 2.35. The molecule has 1 fully saturated rings. The topological polar surface area (TPSA) is 119 Å². The van der Waals surface area contributed by atoms with Crippen molar-refractivity contribution in [2.45, 2.75) is 17.4 Å². The van der Waals surface area contributed by atoms with Crippen LogP contribution in [0.4, 0.5) is 0 Å². The maximum absolute atomic E-state index is 12.9. The maximum atomic E-state index is 12.9. The van der Waals surface area contributed by atoms with Crippen LogP contribution in [0.3, 0.4) is 0 Å². The van der Waals surface area contributed by atoms with Gasteiger partial charge in [-0.25, -0.2) is 8.42 Å². The highest BCUT2D eigenvalue weighted by atomic mass is 32.2. The van der Waals surface area contributed by atoms with Gasteiger partial charge in [-0.15, -0.1) is 0 Å². The molecule has 28 heavy (non-hydrogen) atoms. The number of nitrogens with zero attached hydrogens (tertiary/aromatic N) is 1. The Morgan fingerprint density at radius 1 is 1.14 bits per heavy atom. The number of amides is 2. The number of methoxy groups -OCH3 is 1. The molecule has 0 aliphatic carbocycles. The van der Waals surface area contributed by atoms with E-state index in [0.29, 0.717) is 17.7 Å². The van der Waals surface area contributed by atoms with Gasteiger partial charge in [0.2, 0.25) is 15.9 Å². The summed E-state index contributed by atoms with van der Waals surface area (Å²) in [5.41, 5.74) is 5.71. The Balaban J connectivity index is 1.71. The van der Waals surface area contributed by atoms with Gasteiger partial charge in [0.15, 0.2) is 0 Å². The molecule has 3 rings (SSSR count). The van der Waals surface area contributed by atoms with Crippen LogP contribution in [0, 0.1) is 0 Å². The second-order valence-corrected chi connectivity index (χ2v) is 8.32. The molecular formula is C19H21N3O5S. The quantitative estimate of drug-likeness (QED) is 0.745. The molecule has 1 saturated heterocycles. The predicted octanol–water partition coefficient (Wildman–Crippen LogP) is 0.987. The van der Waals surface area contributed by atoms with Crippen molar-refractivity contribution in [2.24, 2.45) is 5.73 Å². The van der Waals surface area contributed by atoms with E-state index in [-0.39, 0.29) is 35.5 Å². The molecule has 0 aromatic heterocycles. The van der Waals surface area contributed by atoms with Crippen molar-refractivity contribution < 1.29 is 22.7 Å². The maximum Gasteiger partial charge on any atom is 0.251 e. The summed E-state index contributed by atoms with van der Waals surface area (Å²) in [5, 5.41) is 2.85. The molecular weight excluding hydrogens is 382 g/mol. The monoisotopic (exact) mass is 403 g/mol. The smallest absolute Gasteiger partial charge is 0.251 e. The second kappa shape index (κ2) is 7.99. The first-order valence-electron chi connectivity index (χ1n) is 8.67. The molecule has 0 radical (unpaired) electrons. The van der Waals surface area contributed by atoms with Crippen LogP contribution in [0.2, 0.25) is 0 Å². The van der Waals surface area contributed by atoms with Crippen LogP contribution in [-0.2, 0) is 10.0 Å². The van der Waals surface area contributed by atoms with Crippen LogP contribution in [0.25, 0.3) is 0 Å². The summed E-state index contributed by atoms with van der Waals surface area (Å²) in [6.45, 7) is 0.361. The largest absolute Gasteiger partial charge is 0.497 e. The third-order valence-electron chi connectivity index (χ3n) is 4.61. The normalized spacial score (nSPS) is 17.2. The fourth-order valence-electron chi connectivity index (χ4n) is 3.11. The number of hydrogen-bond acceptors (Lipinski definition) is 5. The highest BCUT2D eigenvalue weighted by molar-refractivity contribution is 7.89. The predicted molar refractivity (Wildman–Crippen MR) is 103 cm³/mol. The van der Waals surface area contributed by atoms with E-state index in [9.17, 15) is 18.0 Å². The summed E-state index contributed by atoms with van der Waals surface area (Å²) in [7, 11) is -2.35. The zero-order valence-electron chi connectivity index (χ0n) is 15.3. The third-order valence-corrected chi connectivity index (χ3v) is 6.53. The zero-order valence-corrected chi connectivity index (χ0v) is 16.1. The molecule has 9 heteroatoms. The van der Waals surface area contributed by atoms with Gasteiger partial charge in [0.25, 0.3) is 5.91 Å². The number of carbonyl (C=O) groups is 2. The number of primary amides is 1. The van der Waals surface area contributed by atoms with Crippen LogP contribution >= 0.6 is 0 Å². The average Bonchev–Trinajstić information content (AvgIpc) is 3.17. The summed E-state index contributed by atoms with van der Waals surface area (Å²) in [6, 6.07) is 12.2. The molecule has 148 valence electrons. The molecule has 0 bridgehead atoms. The lowest BCUT2D eigenvalue weighted by Crippen LogP contribution is -2.38. The van der Waals surface area contributed by atoms with Crippen LogP contribution in [0.15, 0.2) is 53.4 Å². The Kier molecular flexibility index (Phi) is 5.66. The molecule has 2 aromatic carbocycles. The van der Waals surface area contributed by atoms with E-state index in [0.717, 1.165) is 0 Å². The van der Waals surface area contributed by atoms with Gasteiger partial charge in [-0.05, 0) is 42.8 Å². The fraction of sp³-hybridized carbons (Fsp3) is 0.263. The van der Waals surface area contributed by atoms with Crippen LogP contribution < -0.4 is 15.8 Å². The van der Waals surface area contributed by atoms with Crippen molar-refractivity contribution in [1.82, 2.24) is 9.62 Å². The van der Waals surface area contributed by atoms with E-state index >= 15 is 0 Å². The van der Waals surface area contributed by atoms with Gasteiger partial charge in [-0.1, -0.05) is 12.1 Å². The first-order valence-corrected chi connectivity index (χ1v) is 10.1. The second-order valence-electron chi connectivity index (χ2n) is 6.41. The first-order chi connectivity index (χ1) is 13.3. The number of carbonyl (C=O) groups excluding carboxylic acids is 2. The lowest BCUT2D eigenvalue weighted by atomic mass is 10.2. The molecule has 1 aliphatic heterocycles. The Morgan fingerprint density at radius 2 is 1.82 bits per heavy atom. The summed E-state index contributed by atoms with van der Waals surface area (Å²) < 4.78 is 32.2. The summed E-state index contributed by atoms with van der Waals surface area (Å²) in [6.07, 6.45) is 0.472. The zero-order chi connectivity index (χ0) is 20.3. The molecule has 1 unspecified atom stereocenters. The molecule has 0 saturated carbocycles. The first kappa shape index (κ1) is 19.8. The Hall–Kier alpha value is -2.91. The van der Waals surface area contributed by atoms with Gasteiger partial charge < -0.3 is 15.8 Å². The van der Waals surface area contributed by atoms with Crippen LogP contribution in [0.5, 0.6) is 5.75 Å². The molecule has 1 heterocycles. The highest BCUT2D eigenvalue weighted by Crippen LogP contribution is 2.24. The number of rotatable bonds is 6. The number of sulfonamides is 1. The molecule has 0 spiro atoms. The Labute approximate surface area is 163 Å². The van der Waals surface area contributed by atoms with Gasteiger partial charge in [0.1, 0.15) is 5.75 Å². The molecule has 8 nitrogen and oxygen atoms in total. The van der Waals surface area contributed by atoms with E-state index in [1.54, 1.807) is 43.5 Å². The van der Waals surface area contributed by atoms with Gasteiger partial charge in [0.05, 0.1) is 17.6 Å². The van der Waals surface area contributed by atoms with Crippen molar-refractivity contribution in [2.75, 3.05) is 20.2 Å². The SMILES string of the molecule is COc1ccc(C(=O)NC2CCN(S(=O)(=O)c3ccccc3C(N)=O)C2)cc1. The minimum atomic E-state index is -3.89. The summed E-state index contributed by atoms with van der Waals surface area (Å²) in [5.74, 6) is -0.449. The molecule has 3 N–H and O–H groups in total.